The van der Waals surface area contributed by atoms with Crippen molar-refractivity contribution in [2.75, 3.05) is 13.7 Å². The molecule has 5 heteroatoms. The van der Waals surface area contributed by atoms with Crippen LogP contribution >= 0.6 is 0 Å². The number of hydrogen-bond acceptors (Lipinski definition) is 4. The molecule has 110 valence electrons. The van der Waals surface area contributed by atoms with Crippen molar-refractivity contribution >= 4 is 11.9 Å². The third kappa shape index (κ3) is 4.91. The third-order valence-electron chi connectivity index (χ3n) is 2.80. The highest BCUT2D eigenvalue weighted by Crippen LogP contribution is 2.11. The maximum atomic E-state index is 11.9. The SMILES string of the molecule is CCCCOC(=O)C(C)NC(=O)c1ccc(OC)cc1. The van der Waals surface area contributed by atoms with E-state index in [9.17, 15) is 9.59 Å². The summed E-state index contributed by atoms with van der Waals surface area (Å²) in [4.78, 5) is 23.6. The number of ether oxygens (including phenoxy) is 2. The van der Waals surface area contributed by atoms with Crippen LogP contribution in [0.5, 0.6) is 5.75 Å². The van der Waals surface area contributed by atoms with E-state index in [-0.39, 0.29) is 5.91 Å². The summed E-state index contributed by atoms with van der Waals surface area (Å²) in [6.45, 7) is 4.01. The van der Waals surface area contributed by atoms with Crippen molar-refractivity contribution in [3.8, 4) is 5.75 Å². The Kier molecular flexibility index (Phi) is 6.56. The largest absolute Gasteiger partial charge is 0.497 e. The molecule has 0 saturated heterocycles. The molecular formula is C15H21NO4. The molecule has 1 aromatic rings. The summed E-state index contributed by atoms with van der Waals surface area (Å²) < 4.78 is 10.1. The van der Waals surface area contributed by atoms with E-state index in [2.05, 4.69) is 5.32 Å². The first kappa shape index (κ1) is 16.0. The second kappa shape index (κ2) is 8.19. The lowest BCUT2D eigenvalue weighted by Gasteiger charge is -2.13. The highest BCUT2D eigenvalue weighted by atomic mass is 16.5. The van der Waals surface area contributed by atoms with Gasteiger partial charge in [0.15, 0.2) is 0 Å². The molecule has 0 aliphatic carbocycles. The Morgan fingerprint density at radius 2 is 1.90 bits per heavy atom. The molecule has 0 aliphatic heterocycles. The van der Waals surface area contributed by atoms with Crippen molar-refractivity contribution in [2.24, 2.45) is 0 Å². The van der Waals surface area contributed by atoms with Gasteiger partial charge in [0.25, 0.3) is 5.91 Å². The molecule has 20 heavy (non-hydrogen) atoms. The maximum absolute atomic E-state index is 11.9. The average Bonchev–Trinajstić information content (AvgIpc) is 2.47. The lowest BCUT2D eigenvalue weighted by atomic mass is 10.2. The van der Waals surface area contributed by atoms with Gasteiger partial charge >= 0.3 is 5.97 Å². The minimum Gasteiger partial charge on any atom is -0.497 e. The van der Waals surface area contributed by atoms with Crippen LogP contribution in [0.25, 0.3) is 0 Å². The Balaban J connectivity index is 2.49. The third-order valence-corrected chi connectivity index (χ3v) is 2.80. The highest BCUT2D eigenvalue weighted by Gasteiger charge is 2.17. The normalized spacial score (nSPS) is 11.6. The first-order valence-corrected chi connectivity index (χ1v) is 6.70. The summed E-state index contributed by atoms with van der Waals surface area (Å²) in [5.74, 6) is -0.0542. The van der Waals surface area contributed by atoms with Crippen LogP contribution < -0.4 is 10.1 Å². The van der Waals surface area contributed by atoms with E-state index in [0.717, 1.165) is 12.8 Å². The van der Waals surface area contributed by atoms with E-state index in [1.54, 1.807) is 38.3 Å². The standard InChI is InChI=1S/C15H21NO4/c1-4-5-10-20-15(18)11(2)16-14(17)12-6-8-13(19-3)9-7-12/h6-9,11H,4-5,10H2,1-3H3,(H,16,17). The monoisotopic (exact) mass is 279 g/mol. The summed E-state index contributed by atoms with van der Waals surface area (Å²) >= 11 is 0. The molecule has 1 rings (SSSR count). The molecule has 1 unspecified atom stereocenters. The molecular weight excluding hydrogens is 258 g/mol. The van der Waals surface area contributed by atoms with Crippen LogP contribution in [0.4, 0.5) is 0 Å². The zero-order chi connectivity index (χ0) is 15.0. The number of methoxy groups -OCH3 is 1. The van der Waals surface area contributed by atoms with Crippen LogP contribution in [-0.4, -0.2) is 31.6 Å². The molecule has 5 nitrogen and oxygen atoms in total. The molecule has 0 saturated carbocycles. The molecule has 0 fully saturated rings. The molecule has 1 aromatic carbocycles. The Labute approximate surface area is 119 Å². The Bertz CT molecular complexity index is 442. The van der Waals surface area contributed by atoms with Crippen LogP contribution in [0.3, 0.4) is 0 Å². The number of rotatable bonds is 7. The van der Waals surface area contributed by atoms with Gasteiger partial charge in [0, 0.05) is 5.56 Å². The van der Waals surface area contributed by atoms with Crippen molar-refractivity contribution < 1.29 is 19.1 Å². The highest BCUT2D eigenvalue weighted by molar-refractivity contribution is 5.96. The second-order valence-electron chi connectivity index (χ2n) is 4.44. The fourth-order valence-electron chi connectivity index (χ4n) is 1.52. The van der Waals surface area contributed by atoms with Gasteiger partial charge < -0.3 is 14.8 Å². The van der Waals surface area contributed by atoms with Crippen molar-refractivity contribution in [3.05, 3.63) is 29.8 Å². The van der Waals surface area contributed by atoms with Crippen LogP contribution in [0.2, 0.25) is 0 Å². The summed E-state index contributed by atoms with van der Waals surface area (Å²) in [5.41, 5.74) is 0.471. The van der Waals surface area contributed by atoms with Crippen LogP contribution in [0.1, 0.15) is 37.0 Å². The van der Waals surface area contributed by atoms with Gasteiger partial charge in [-0.05, 0) is 37.6 Å². The second-order valence-corrected chi connectivity index (χ2v) is 4.44. The molecule has 1 N–H and O–H groups in total. The summed E-state index contributed by atoms with van der Waals surface area (Å²) in [7, 11) is 1.56. The van der Waals surface area contributed by atoms with Crippen molar-refractivity contribution in [1.29, 1.82) is 0 Å². The molecule has 1 atom stereocenters. The summed E-state index contributed by atoms with van der Waals surface area (Å²) in [5, 5.41) is 2.61. The van der Waals surface area contributed by atoms with Gasteiger partial charge in [0.1, 0.15) is 11.8 Å². The van der Waals surface area contributed by atoms with Gasteiger partial charge in [-0.15, -0.1) is 0 Å². The van der Waals surface area contributed by atoms with Gasteiger partial charge in [0.05, 0.1) is 13.7 Å². The van der Waals surface area contributed by atoms with E-state index < -0.39 is 12.0 Å². The number of nitrogens with one attached hydrogen (secondary N) is 1. The van der Waals surface area contributed by atoms with Crippen molar-refractivity contribution in [3.63, 3.8) is 0 Å². The number of esters is 1. The predicted octanol–water partition coefficient (Wildman–Crippen LogP) is 2.16. The molecule has 0 spiro atoms. The number of carbonyl (C=O) groups excluding carboxylic acids is 2. The topological polar surface area (TPSA) is 64.6 Å². The lowest BCUT2D eigenvalue weighted by molar-refractivity contribution is -0.145. The molecule has 0 aliphatic rings. The number of unbranched alkanes of at least 4 members (excludes halogenated alkanes) is 1. The van der Waals surface area contributed by atoms with Crippen LogP contribution in [-0.2, 0) is 9.53 Å². The zero-order valence-corrected chi connectivity index (χ0v) is 12.1. The minimum atomic E-state index is -0.665. The quantitative estimate of drug-likeness (QED) is 0.613. The first-order chi connectivity index (χ1) is 9.58. The van der Waals surface area contributed by atoms with E-state index >= 15 is 0 Å². The van der Waals surface area contributed by atoms with E-state index in [0.29, 0.717) is 17.9 Å². The van der Waals surface area contributed by atoms with E-state index in [1.165, 1.54) is 0 Å². The average molecular weight is 279 g/mol. The van der Waals surface area contributed by atoms with Gasteiger partial charge in [-0.3, -0.25) is 4.79 Å². The van der Waals surface area contributed by atoms with Gasteiger partial charge in [-0.2, -0.15) is 0 Å². The van der Waals surface area contributed by atoms with Gasteiger partial charge in [-0.1, -0.05) is 13.3 Å². The predicted molar refractivity (Wildman–Crippen MR) is 75.8 cm³/mol. The molecule has 0 aromatic heterocycles. The van der Waals surface area contributed by atoms with Crippen LogP contribution in [0, 0.1) is 0 Å². The van der Waals surface area contributed by atoms with Gasteiger partial charge in [0.2, 0.25) is 0 Å². The maximum Gasteiger partial charge on any atom is 0.328 e. The molecule has 0 heterocycles. The lowest BCUT2D eigenvalue weighted by Crippen LogP contribution is -2.39. The Hall–Kier alpha value is -2.04. The number of carbonyl (C=O) groups is 2. The first-order valence-electron chi connectivity index (χ1n) is 6.70. The van der Waals surface area contributed by atoms with E-state index in [1.807, 2.05) is 6.92 Å². The summed E-state index contributed by atoms with van der Waals surface area (Å²) in [6.07, 6.45) is 1.78. The number of hydrogen-bond donors (Lipinski definition) is 1. The Morgan fingerprint density at radius 3 is 2.45 bits per heavy atom. The molecule has 0 bridgehead atoms. The summed E-state index contributed by atoms with van der Waals surface area (Å²) in [6, 6.07) is 6.01. The zero-order valence-electron chi connectivity index (χ0n) is 12.1. The number of amides is 1. The van der Waals surface area contributed by atoms with Gasteiger partial charge in [-0.25, -0.2) is 4.79 Å². The van der Waals surface area contributed by atoms with Crippen molar-refractivity contribution in [1.82, 2.24) is 5.32 Å². The van der Waals surface area contributed by atoms with E-state index in [4.69, 9.17) is 9.47 Å². The number of benzene rings is 1. The van der Waals surface area contributed by atoms with Crippen LogP contribution in [0.15, 0.2) is 24.3 Å². The smallest absolute Gasteiger partial charge is 0.328 e. The molecule has 1 amide bonds. The fraction of sp³-hybridized carbons (Fsp3) is 0.467. The molecule has 0 radical (unpaired) electrons. The fourth-order valence-corrected chi connectivity index (χ4v) is 1.52. The van der Waals surface area contributed by atoms with Crippen molar-refractivity contribution in [2.45, 2.75) is 32.7 Å². The minimum absolute atomic E-state index is 0.312. The Morgan fingerprint density at radius 1 is 1.25 bits per heavy atom.